The maximum atomic E-state index is 9.44. The first-order valence-corrected chi connectivity index (χ1v) is 7.69. The summed E-state index contributed by atoms with van der Waals surface area (Å²) < 4.78 is 5.58. The van der Waals surface area contributed by atoms with Crippen molar-refractivity contribution in [3.8, 4) is 5.75 Å². The Labute approximate surface area is 126 Å². The molecule has 1 fully saturated rings. The summed E-state index contributed by atoms with van der Waals surface area (Å²) in [5, 5.41) is 16.0. The summed E-state index contributed by atoms with van der Waals surface area (Å²) in [5.74, 6) is 1.14. The molecule has 0 aliphatic carbocycles. The van der Waals surface area contributed by atoms with Crippen molar-refractivity contribution in [2.45, 2.75) is 32.3 Å². The summed E-state index contributed by atoms with van der Waals surface area (Å²) in [6.45, 7) is 5.24. The molecule has 0 bridgehead atoms. The van der Waals surface area contributed by atoms with Crippen LogP contribution in [0.25, 0.3) is 0 Å². The third kappa shape index (κ3) is 5.63. The minimum atomic E-state index is 0.270. The van der Waals surface area contributed by atoms with E-state index in [4.69, 9.17) is 4.74 Å². The molecule has 1 aromatic carbocycles. The quantitative estimate of drug-likeness (QED) is 0.551. The fourth-order valence-electron chi connectivity index (χ4n) is 2.36. The molecular formula is C16H25N3O2. The van der Waals surface area contributed by atoms with Crippen molar-refractivity contribution < 1.29 is 9.84 Å². The highest BCUT2D eigenvalue weighted by Crippen LogP contribution is 2.12. The first-order valence-electron chi connectivity index (χ1n) is 7.69. The normalized spacial score (nSPS) is 18.7. The summed E-state index contributed by atoms with van der Waals surface area (Å²) in [4.78, 5) is 4.56. The molecule has 1 atom stereocenters. The van der Waals surface area contributed by atoms with Crippen LogP contribution in [0.2, 0.25) is 0 Å². The molecule has 2 rings (SSSR count). The topological polar surface area (TPSA) is 65.9 Å². The van der Waals surface area contributed by atoms with E-state index < -0.39 is 0 Å². The van der Waals surface area contributed by atoms with Crippen LogP contribution in [0.5, 0.6) is 5.75 Å². The van der Waals surface area contributed by atoms with Crippen molar-refractivity contribution in [3.63, 3.8) is 0 Å². The van der Waals surface area contributed by atoms with Gasteiger partial charge in [-0.3, -0.25) is 4.99 Å². The van der Waals surface area contributed by atoms with Crippen molar-refractivity contribution in [1.29, 1.82) is 0 Å². The van der Waals surface area contributed by atoms with Crippen LogP contribution in [0.1, 0.15) is 25.3 Å². The van der Waals surface area contributed by atoms with Crippen LogP contribution in [0.4, 0.5) is 0 Å². The molecule has 1 saturated heterocycles. The van der Waals surface area contributed by atoms with E-state index in [-0.39, 0.29) is 6.10 Å². The van der Waals surface area contributed by atoms with Crippen molar-refractivity contribution in [3.05, 3.63) is 29.8 Å². The maximum Gasteiger partial charge on any atom is 0.191 e. The smallest absolute Gasteiger partial charge is 0.191 e. The van der Waals surface area contributed by atoms with Gasteiger partial charge in [0.2, 0.25) is 0 Å². The van der Waals surface area contributed by atoms with E-state index in [1.54, 1.807) is 12.1 Å². The zero-order valence-electron chi connectivity index (χ0n) is 12.6. The van der Waals surface area contributed by atoms with Crippen molar-refractivity contribution in [2.75, 3.05) is 26.2 Å². The minimum absolute atomic E-state index is 0.270. The van der Waals surface area contributed by atoms with Gasteiger partial charge in [-0.1, -0.05) is 12.1 Å². The third-order valence-electron chi connectivity index (χ3n) is 3.44. The lowest BCUT2D eigenvalue weighted by molar-refractivity contribution is 0.117. The van der Waals surface area contributed by atoms with E-state index in [0.717, 1.165) is 50.5 Å². The number of ether oxygens (including phenoxy) is 1. The Morgan fingerprint density at radius 2 is 2.33 bits per heavy atom. The molecule has 0 aromatic heterocycles. The average Bonchev–Trinajstić information content (AvgIpc) is 2.98. The molecule has 5 nitrogen and oxygen atoms in total. The molecule has 1 aromatic rings. The highest BCUT2D eigenvalue weighted by molar-refractivity contribution is 5.79. The van der Waals surface area contributed by atoms with Crippen LogP contribution >= 0.6 is 0 Å². The predicted molar refractivity (Wildman–Crippen MR) is 84.8 cm³/mol. The number of hydrogen-bond acceptors (Lipinski definition) is 3. The fraction of sp³-hybridized carbons (Fsp3) is 0.562. The molecule has 0 radical (unpaired) electrons. The van der Waals surface area contributed by atoms with E-state index >= 15 is 0 Å². The molecule has 0 spiro atoms. The van der Waals surface area contributed by atoms with Crippen molar-refractivity contribution in [1.82, 2.24) is 10.6 Å². The van der Waals surface area contributed by atoms with Gasteiger partial charge in [0.05, 0.1) is 12.6 Å². The number of nitrogens with zero attached hydrogens (tertiary/aromatic N) is 1. The first-order chi connectivity index (χ1) is 10.3. The Balaban J connectivity index is 1.77. The zero-order valence-corrected chi connectivity index (χ0v) is 12.6. The van der Waals surface area contributed by atoms with Gasteiger partial charge in [0, 0.05) is 19.7 Å². The molecular weight excluding hydrogens is 266 g/mol. The van der Waals surface area contributed by atoms with Crippen LogP contribution in [-0.4, -0.2) is 43.4 Å². The number of aliphatic imine (C=N–C) groups is 1. The van der Waals surface area contributed by atoms with Crippen LogP contribution in [0.15, 0.2) is 29.3 Å². The minimum Gasteiger partial charge on any atom is -0.508 e. The fourth-order valence-corrected chi connectivity index (χ4v) is 2.36. The van der Waals surface area contributed by atoms with Gasteiger partial charge in [-0.15, -0.1) is 0 Å². The average molecular weight is 291 g/mol. The first kappa shape index (κ1) is 15.6. The van der Waals surface area contributed by atoms with Crippen molar-refractivity contribution in [2.24, 2.45) is 4.99 Å². The predicted octanol–water partition coefficient (Wildman–Crippen LogP) is 1.67. The summed E-state index contributed by atoms with van der Waals surface area (Å²) in [5.41, 5.74) is 1.11. The number of rotatable bonds is 6. The zero-order chi connectivity index (χ0) is 14.9. The number of hydrogen-bond donors (Lipinski definition) is 3. The Bertz CT molecular complexity index is 457. The Kier molecular flexibility index (Phi) is 6.34. The van der Waals surface area contributed by atoms with Crippen molar-refractivity contribution >= 4 is 5.96 Å². The van der Waals surface area contributed by atoms with Gasteiger partial charge in [0.25, 0.3) is 0 Å². The Morgan fingerprint density at radius 1 is 1.43 bits per heavy atom. The summed E-state index contributed by atoms with van der Waals surface area (Å²) >= 11 is 0. The monoisotopic (exact) mass is 291 g/mol. The Morgan fingerprint density at radius 3 is 3.05 bits per heavy atom. The molecule has 1 aliphatic heterocycles. The highest BCUT2D eigenvalue weighted by Gasteiger charge is 2.14. The molecule has 0 amide bonds. The lowest BCUT2D eigenvalue weighted by Gasteiger charge is -2.13. The highest BCUT2D eigenvalue weighted by atomic mass is 16.5. The van der Waals surface area contributed by atoms with Crippen LogP contribution in [-0.2, 0) is 11.2 Å². The second-order valence-electron chi connectivity index (χ2n) is 5.20. The number of nitrogens with one attached hydrogen (secondary N) is 2. The van der Waals surface area contributed by atoms with Gasteiger partial charge in [-0.2, -0.15) is 0 Å². The number of guanidine groups is 1. The molecule has 0 saturated carbocycles. The number of phenolic OH excluding ortho intramolecular Hbond substituents is 1. The van der Waals surface area contributed by atoms with Gasteiger partial charge in [-0.25, -0.2) is 0 Å². The second-order valence-corrected chi connectivity index (χ2v) is 5.20. The molecule has 21 heavy (non-hydrogen) atoms. The molecule has 116 valence electrons. The molecule has 1 aliphatic rings. The van der Waals surface area contributed by atoms with Gasteiger partial charge in [0.1, 0.15) is 5.75 Å². The number of benzene rings is 1. The SMILES string of the molecule is CCNC(=NCC1CCCO1)NCCc1cccc(O)c1. The van der Waals surface area contributed by atoms with E-state index in [0.29, 0.717) is 12.3 Å². The van der Waals surface area contributed by atoms with Gasteiger partial charge in [-0.05, 0) is 43.9 Å². The lowest BCUT2D eigenvalue weighted by Crippen LogP contribution is -2.38. The summed E-state index contributed by atoms with van der Waals surface area (Å²) in [6.07, 6.45) is 3.36. The van der Waals surface area contributed by atoms with E-state index in [2.05, 4.69) is 22.5 Å². The lowest BCUT2D eigenvalue weighted by atomic mass is 10.1. The van der Waals surface area contributed by atoms with E-state index in [1.807, 2.05) is 12.1 Å². The number of aromatic hydroxyl groups is 1. The third-order valence-corrected chi connectivity index (χ3v) is 3.44. The molecule has 3 N–H and O–H groups in total. The van der Waals surface area contributed by atoms with Crippen LogP contribution < -0.4 is 10.6 Å². The molecule has 1 heterocycles. The standard InChI is InChI=1S/C16H25N3O2/c1-2-17-16(19-12-15-7-4-10-21-15)18-9-8-13-5-3-6-14(20)11-13/h3,5-6,11,15,20H,2,4,7-10,12H2,1H3,(H2,17,18,19). The largest absolute Gasteiger partial charge is 0.508 e. The maximum absolute atomic E-state index is 9.44. The van der Waals surface area contributed by atoms with Crippen LogP contribution in [0.3, 0.4) is 0 Å². The molecule has 5 heteroatoms. The summed E-state index contributed by atoms with van der Waals surface area (Å²) in [7, 11) is 0. The van der Waals surface area contributed by atoms with Gasteiger partial charge >= 0.3 is 0 Å². The van der Waals surface area contributed by atoms with Gasteiger partial charge in [0.15, 0.2) is 5.96 Å². The summed E-state index contributed by atoms with van der Waals surface area (Å²) in [6, 6.07) is 7.35. The van der Waals surface area contributed by atoms with Gasteiger partial charge < -0.3 is 20.5 Å². The van der Waals surface area contributed by atoms with E-state index in [1.165, 1.54) is 0 Å². The number of phenols is 1. The Hall–Kier alpha value is -1.75. The van der Waals surface area contributed by atoms with Crippen LogP contribution in [0, 0.1) is 0 Å². The second kappa shape index (κ2) is 8.52. The van der Waals surface area contributed by atoms with E-state index in [9.17, 15) is 5.11 Å². The molecule has 1 unspecified atom stereocenters.